The Labute approximate surface area is 194 Å². The summed E-state index contributed by atoms with van der Waals surface area (Å²) in [4.78, 5) is 18.5. The highest BCUT2D eigenvalue weighted by Crippen LogP contribution is 2.38. The molecular weight excluding hydrogens is 483 g/mol. The van der Waals surface area contributed by atoms with Crippen LogP contribution in [0.5, 0.6) is 11.6 Å². The second-order valence-electron chi connectivity index (χ2n) is 9.16. The van der Waals surface area contributed by atoms with E-state index in [1.807, 2.05) is 0 Å². The summed E-state index contributed by atoms with van der Waals surface area (Å²) in [6.07, 6.45) is 1.28. The molecule has 0 aliphatic carbocycles. The van der Waals surface area contributed by atoms with E-state index >= 15 is 4.39 Å². The Hall–Kier alpha value is -2.49. The normalized spacial score (nSPS) is 25.3. The van der Waals surface area contributed by atoms with Gasteiger partial charge in [0.25, 0.3) is 5.88 Å². The molecule has 32 heavy (non-hydrogen) atoms. The van der Waals surface area contributed by atoms with E-state index in [9.17, 15) is 9.90 Å². The lowest BCUT2D eigenvalue weighted by molar-refractivity contribution is -0.0802. The van der Waals surface area contributed by atoms with Crippen molar-refractivity contribution in [3.8, 4) is 23.0 Å². The molecule has 0 unspecified atom stereocenters. The first-order valence-electron chi connectivity index (χ1n) is 10.6. The van der Waals surface area contributed by atoms with Crippen molar-refractivity contribution >= 4 is 22.0 Å². The Morgan fingerprint density at radius 3 is 2.72 bits per heavy atom. The molecule has 2 aliphatic rings. The number of carbonyl (C=O) groups is 1. The highest BCUT2D eigenvalue weighted by atomic mass is 79.9. The molecule has 2 aliphatic heterocycles. The van der Waals surface area contributed by atoms with Gasteiger partial charge in [0.2, 0.25) is 0 Å². The number of nitrogens with zero attached hydrogens (tertiary/aromatic N) is 4. The number of hydrogen-bond acceptors (Lipinski definition) is 7. The quantitative estimate of drug-likeness (QED) is 0.643. The number of rotatable bonds is 3. The van der Waals surface area contributed by atoms with Gasteiger partial charge in [-0.05, 0) is 58.2 Å². The summed E-state index contributed by atoms with van der Waals surface area (Å²) in [5, 5.41) is 18.1. The van der Waals surface area contributed by atoms with Crippen LogP contribution in [-0.2, 0) is 4.74 Å². The lowest BCUT2D eigenvalue weighted by Gasteiger charge is -2.49. The van der Waals surface area contributed by atoms with Gasteiger partial charge in [-0.25, -0.2) is 14.2 Å². The summed E-state index contributed by atoms with van der Waals surface area (Å²) in [6.45, 7) is 5.40. The van der Waals surface area contributed by atoms with Crippen LogP contribution in [0.15, 0.2) is 28.9 Å². The molecule has 0 spiro atoms. The van der Waals surface area contributed by atoms with Crippen LogP contribution in [0.25, 0.3) is 11.4 Å². The fourth-order valence-electron chi connectivity index (χ4n) is 4.30. The van der Waals surface area contributed by atoms with E-state index in [1.54, 1.807) is 37.8 Å². The Morgan fingerprint density at radius 2 is 2.06 bits per heavy atom. The lowest BCUT2D eigenvalue weighted by Crippen LogP contribution is -2.63. The van der Waals surface area contributed by atoms with Crippen LogP contribution in [0.1, 0.15) is 46.5 Å². The zero-order valence-corrected chi connectivity index (χ0v) is 19.7. The molecule has 2 bridgehead atoms. The molecule has 1 amide bonds. The summed E-state index contributed by atoms with van der Waals surface area (Å²) in [5.41, 5.74) is -0.215. The smallest absolute Gasteiger partial charge is 0.410 e. The first-order valence-corrected chi connectivity index (χ1v) is 11.4. The second kappa shape index (κ2) is 8.80. The molecule has 10 heteroatoms. The van der Waals surface area contributed by atoms with Gasteiger partial charge in [0.1, 0.15) is 17.5 Å². The number of hydrogen-bond donors (Lipinski definition) is 1. The van der Waals surface area contributed by atoms with Crippen LogP contribution in [0.3, 0.4) is 0 Å². The van der Waals surface area contributed by atoms with Gasteiger partial charge in [-0.15, -0.1) is 10.2 Å². The zero-order valence-electron chi connectivity index (χ0n) is 18.2. The number of fused-ring (bicyclic) bond motifs is 2. The van der Waals surface area contributed by atoms with Gasteiger partial charge in [0, 0.05) is 16.9 Å². The summed E-state index contributed by atoms with van der Waals surface area (Å²) in [5.74, 6) is 0.346. The summed E-state index contributed by atoms with van der Waals surface area (Å²) < 4.78 is 27.5. The van der Waals surface area contributed by atoms with Crippen molar-refractivity contribution in [1.82, 2.24) is 20.1 Å². The van der Waals surface area contributed by atoms with Crippen LogP contribution in [-0.4, -0.2) is 61.2 Å². The van der Waals surface area contributed by atoms with Gasteiger partial charge in [-0.3, -0.25) is 4.90 Å². The van der Waals surface area contributed by atoms with Crippen molar-refractivity contribution in [2.75, 3.05) is 0 Å². The topological polar surface area (TPSA) is 97.7 Å². The molecule has 1 aromatic heterocycles. The maximum atomic E-state index is 15.4. The van der Waals surface area contributed by atoms with Crippen molar-refractivity contribution in [3.05, 3.63) is 28.9 Å². The highest BCUT2D eigenvalue weighted by Gasteiger charge is 2.49. The number of phenolic OH excluding ortho intramolecular Hbond substituents is 1. The number of piperidine rings is 2. The molecule has 2 saturated heterocycles. The Morgan fingerprint density at radius 1 is 1.28 bits per heavy atom. The van der Waals surface area contributed by atoms with E-state index in [4.69, 9.17) is 9.47 Å². The average Bonchev–Trinajstić information content (AvgIpc) is 2.71. The maximum Gasteiger partial charge on any atom is 0.410 e. The Bertz CT molecular complexity index is 985. The molecule has 2 aromatic rings. The molecule has 0 radical (unpaired) electrons. The van der Waals surface area contributed by atoms with Crippen molar-refractivity contribution in [2.45, 2.75) is 76.4 Å². The molecule has 4 atom stereocenters. The highest BCUT2D eigenvalue weighted by molar-refractivity contribution is 9.10. The molecule has 172 valence electrons. The standard InChI is InChI=1S/C22H26BrFN4O4/c1-22(2,3)32-21(30)28-13-5-4-6-15(28)19(24)17(10-13)31-18-11-25-20(27-26-18)14-8-7-12(23)9-16(14)29/h7-9,11,13,15,17,19,29H,4-6,10H2,1-3H3/t13-,15-,17-,19+/m1/s1. The minimum Gasteiger partial charge on any atom is -0.507 e. The number of aromatic hydroxyl groups is 1. The first kappa shape index (κ1) is 22.7. The van der Waals surface area contributed by atoms with Gasteiger partial charge >= 0.3 is 6.09 Å². The summed E-state index contributed by atoms with van der Waals surface area (Å²) in [7, 11) is 0. The number of benzene rings is 1. The van der Waals surface area contributed by atoms with E-state index in [2.05, 4.69) is 31.1 Å². The molecular formula is C22H26BrFN4O4. The third kappa shape index (κ3) is 4.79. The van der Waals surface area contributed by atoms with Crippen molar-refractivity contribution in [3.63, 3.8) is 0 Å². The number of phenols is 1. The third-order valence-electron chi connectivity index (χ3n) is 5.63. The van der Waals surface area contributed by atoms with E-state index < -0.39 is 30.0 Å². The Balaban J connectivity index is 1.47. The predicted molar refractivity (Wildman–Crippen MR) is 118 cm³/mol. The molecule has 1 aromatic carbocycles. The van der Waals surface area contributed by atoms with E-state index in [-0.39, 0.29) is 23.5 Å². The maximum absolute atomic E-state index is 15.4. The van der Waals surface area contributed by atoms with Crippen LogP contribution >= 0.6 is 15.9 Å². The fraction of sp³-hybridized carbons (Fsp3) is 0.545. The molecule has 0 saturated carbocycles. The predicted octanol–water partition coefficient (Wildman–Crippen LogP) is 4.65. The molecule has 8 nitrogen and oxygen atoms in total. The van der Waals surface area contributed by atoms with Crippen LogP contribution in [0, 0.1) is 0 Å². The number of alkyl halides is 1. The fourth-order valence-corrected chi connectivity index (χ4v) is 4.65. The minimum absolute atomic E-state index is 0.0148. The first-order chi connectivity index (χ1) is 15.1. The number of halogens is 2. The van der Waals surface area contributed by atoms with Crippen molar-refractivity contribution in [2.24, 2.45) is 0 Å². The van der Waals surface area contributed by atoms with Gasteiger partial charge in [-0.2, -0.15) is 0 Å². The zero-order chi connectivity index (χ0) is 23.0. The molecule has 1 N–H and O–H groups in total. The van der Waals surface area contributed by atoms with Gasteiger partial charge in [0.05, 0.1) is 17.8 Å². The monoisotopic (exact) mass is 508 g/mol. The van der Waals surface area contributed by atoms with Crippen LogP contribution in [0.2, 0.25) is 0 Å². The van der Waals surface area contributed by atoms with Gasteiger partial charge in [-0.1, -0.05) is 15.9 Å². The Kier molecular flexibility index (Phi) is 6.24. The number of carbonyl (C=O) groups excluding carboxylic acids is 1. The van der Waals surface area contributed by atoms with Gasteiger partial charge in [0.15, 0.2) is 12.0 Å². The van der Waals surface area contributed by atoms with Crippen LogP contribution < -0.4 is 4.74 Å². The van der Waals surface area contributed by atoms with E-state index in [1.165, 1.54) is 12.3 Å². The lowest BCUT2D eigenvalue weighted by atomic mass is 9.82. The van der Waals surface area contributed by atoms with Crippen molar-refractivity contribution < 1.29 is 23.8 Å². The molecule has 4 rings (SSSR count). The summed E-state index contributed by atoms with van der Waals surface area (Å²) in [6, 6.07) is 4.21. The van der Waals surface area contributed by atoms with E-state index in [0.717, 1.165) is 17.3 Å². The molecule has 3 heterocycles. The van der Waals surface area contributed by atoms with Crippen molar-refractivity contribution in [1.29, 1.82) is 0 Å². The van der Waals surface area contributed by atoms with Crippen LogP contribution in [0.4, 0.5) is 9.18 Å². The SMILES string of the molecule is CC(C)(C)OC(=O)N1[C@@H]2CCC[C@@H]1[C@H](F)[C@H](Oc1cnc(-c3ccc(Br)cc3O)nn1)C2. The van der Waals surface area contributed by atoms with E-state index in [0.29, 0.717) is 18.4 Å². The summed E-state index contributed by atoms with van der Waals surface area (Å²) >= 11 is 3.28. The molecule has 2 fully saturated rings. The second-order valence-corrected chi connectivity index (χ2v) is 10.1. The van der Waals surface area contributed by atoms with Gasteiger partial charge < -0.3 is 14.6 Å². The number of aromatic nitrogens is 3. The largest absolute Gasteiger partial charge is 0.507 e. The minimum atomic E-state index is -1.38. The number of amides is 1. The number of ether oxygens (including phenoxy) is 2. The third-order valence-corrected chi connectivity index (χ3v) is 6.13. The average molecular weight is 509 g/mol.